The van der Waals surface area contributed by atoms with Gasteiger partial charge in [-0.3, -0.25) is 0 Å². The summed E-state index contributed by atoms with van der Waals surface area (Å²) in [4.78, 5) is 4.34. The van der Waals surface area contributed by atoms with Gasteiger partial charge in [-0.1, -0.05) is 17.7 Å². The van der Waals surface area contributed by atoms with Gasteiger partial charge in [0, 0.05) is 30.5 Å². The maximum absolute atomic E-state index is 5.80. The van der Waals surface area contributed by atoms with Gasteiger partial charge in [0.05, 0.1) is 0 Å². The van der Waals surface area contributed by atoms with Crippen LogP contribution >= 0.6 is 0 Å². The Morgan fingerprint density at radius 3 is 2.62 bits per heavy atom. The molecule has 0 aliphatic heterocycles. The van der Waals surface area contributed by atoms with E-state index in [0.717, 1.165) is 17.9 Å². The number of aryl methyl sites for hydroxylation is 1. The molecule has 0 bridgehead atoms. The minimum Gasteiger partial charge on any atom is -0.328 e. The SMILES string of the molecule is Cc1ccc(-n2ccnc2CC(C)N)cc1. The van der Waals surface area contributed by atoms with E-state index in [1.54, 1.807) is 0 Å². The molecule has 84 valence electrons. The highest BCUT2D eigenvalue weighted by atomic mass is 15.1. The predicted molar refractivity (Wildman–Crippen MR) is 65.7 cm³/mol. The Labute approximate surface area is 95.9 Å². The molecule has 16 heavy (non-hydrogen) atoms. The third kappa shape index (κ3) is 2.31. The van der Waals surface area contributed by atoms with Crippen LogP contribution in [0.2, 0.25) is 0 Å². The average molecular weight is 215 g/mol. The van der Waals surface area contributed by atoms with Crippen LogP contribution in [-0.2, 0) is 6.42 Å². The smallest absolute Gasteiger partial charge is 0.114 e. The first kappa shape index (κ1) is 10.9. The van der Waals surface area contributed by atoms with Gasteiger partial charge in [-0.2, -0.15) is 0 Å². The molecule has 2 rings (SSSR count). The molecule has 0 fully saturated rings. The molecule has 1 unspecified atom stereocenters. The maximum atomic E-state index is 5.80. The lowest BCUT2D eigenvalue weighted by Crippen LogP contribution is -2.20. The first-order chi connectivity index (χ1) is 7.66. The molecular weight excluding hydrogens is 198 g/mol. The van der Waals surface area contributed by atoms with Crippen LogP contribution in [0.5, 0.6) is 0 Å². The Bertz CT molecular complexity index is 454. The van der Waals surface area contributed by atoms with Crippen molar-refractivity contribution in [3.05, 3.63) is 48.0 Å². The average Bonchev–Trinajstić information content (AvgIpc) is 2.66. The minimum absolute atomic E-state index is 0.131. The van der Waals surface area contributed by atoms with Crippen molar-refractivity contribution < 1.29 is 0 Å². The second-order valence-corrected chi connectivity index (χ2v) is 4.23. The zero-order chi connectivity index (χ0) is 11.5. The highest BCUT2D eigenvalue weighted by molar-refractivity contribution is 5.35. The fourth-order valence-corrected chi connectivity index (χ4v) is 1.71. The van der Waals surface area contributed by atoms with Crippen molar-refractivity contribution in [1.82, 2.24) is 9.55 Å². The predicted octanol–water partition coefficient (Wildman–Crippen LogP) is 2.07. The van der Waals surface area contributed by atoms with Crippen LogP contribution in [0.4, 0.5) is 0 Å². The lowest BCUT2D eigenvalue weighted by atomic mass is 10.2. The van der Waals surface area contributed by atoms with Crippen LogP contribution in [-0.4, -0.2) is 15.6 Å². The molecule has 2 aromatic rings. The molecule has 0 radical (unpaired) electrons. The fourth-order valence-electron chi connectivity index (χ4n) is 1.71. The van der Waals surface area contributed by atoms with Crippen molar-refractivity contribution in [2.75, 3.05) is 0 Å². The molecule has 2 N–H and O–H groups in total. The lowest BCUT2D eigenvalue weighted by Gasteiger charge is -2.09. The van der Waals surface area contributed by atoms with Crippen molar-refractivity contribution in [1.29, 1.82) is 0 Å². The van der Waals surface area contributed by atoms with E-state index in [1.807, 2.05) is 19.3 Å². The van der Waals surface area contributed by atoms with Gasteiger partial charge < -0.3 is 10.3 Å². The highest BCUT2D eigenvalue weighted by Crippen LogP contribution is 2.12. The molecule has 0 aliphatic carbocycles. The van der Waals surface area contributed by atoms with Crippen LogP contribution in [0.15, 0.2) is 36.7 Å². The summed E-state index contributed by atoms with van der Waals surface area (Å²) < 4.78 is 2.09. The zero-order valence-corrected chi connectivity index (χ0v) is 9.72. The minimum atomic E-state index is 0.131. The molecule has 0 spiro atoms. The quantitative estimate of drug-likeness (QED) is 0.851. The molecule has 0 aliphatic rings. The molecule has 1 aromatic heterocycles. The largest absolute Gasteiger partial charge is 0.328 e. The van der Waals surface area contributed by atoms with E-state index in [2.05, 4.69) is 40.7 Å². The van der Waals surface area contributed by atoms with Gasteiger partial charge in [0.15, 0.2) is 0 Å². The van der Waals surface area contributed by atoms with E-state index in [-0.39, 0.29) is 6.04 Å². The first-order valence-electron chi connectivity index (χ1n) is 5.51. The van der Waals surface area contributed by atoms with Gasteiger partial charge >= 0.3 is 0 Å². The van der Waals surface area contributed by atoms with E-state index < -0.39 is 0 Å². The van der Waals surface area contributed by atoms with Crippen molar-refractivity contribution in [3.63, 3.8) is 0 Å². The van der Waals surface area contributed by atoms with Crippen LogP contribution in [0.1, 0.15) is 18.3 Å². The molecule has 1 atom stereocenters. The second kappa shape index (κ2) is 4.49. The van der Waals surface area contributed by atoms with Crippen LogP contribution in [0.3, 0.4) is 0 Å². The Hall–Kier alpha value is -1.61. The summed E-state index contributed by atoms with van der Waals surface area (Å²) in [6.07, 6.45) is 4.58. The van der Waals surface area contributed by atoms with Crippen molar-refractivity contribution >= 4 is 0 Å². The van der Waals surface area contributed by atoms with E-state index in [4.69, 9.17) is 5.73 Å². The number of hydrogen-bond acceptors (Lipinski definition) is 2. The summed E-state index contributed by atoms with van der Waals surface area (Å²) in [5.74, 6) is 1.01. The summed E-state index contributed by atoms with van der Waals surface area (Å²) in [5.41, 5.74) is 8.20. The number of hydrogen-bond donors (Lipinski definition) is 1. The molecule has 3 heteroatoms. The Balaban J connectivity index is 2.33. The second-order valence-electron chi connectivity index (χ2n) is 4.23. The number of rotatable bonds is 3. The number of nitrogens with zero attached hydrogens (tertiary/aromatic N) is 2. The molecule has 0 saturated heterocycles. The number of imidazole rings is 1. The van der Waals surface area contributed by atoms with Gasteiger partial charge in [-0.25, -0.2) is 4.98 Å². The van der Waals surface area contributed by atoms with Gasteiger partial charge in [-0.05, 0) is 26.0 Å². The molecule has 1 aromatic carbocycles. The molecule has 0 amide bonds. The third-order valence-corrected chi connectivity index (χ3v) is 2.53. The third-order valence-electron chi connectivity index (χ3n) is 2.53. The van der Waals surface area contributed by atoms with Crippen LogP contribution < -0.4 is 5.73 Å². The number of nitrogens with two attached hydrogens (primary N) is 1. The van der Waals surface area contributed by atoms with Crippen LogP contribution in [0, 0.1) is 6.92 Å². The van der Waals surface area contributed by atoms with E-state index in [0.29, 0.717) is 0 Å². The molecule has 0 saturated carbocycles. The summed E-state index contributed by atoms with van der Waals surface area (Å²) in [6.45, 7) is 4.08. The summed E-state index contributed by atoms with van der Waals surface area (Å²) in [7, 11) is 0. The summed E-state index contributed by atoms with van der Waals surface area (Å²) in [5, 5.41) is 0. The maximum Gasteiger partial charge on any atom is 0.114 e. The highest BCUT2D eigenvalue weighted by Gasteiger charge is 2.06. The van der Waals surface area contributed by atoms with E-state index in [1.165, 1.54) is 5.56 Å². The fraction of sp³-hybridized carbons (Fsp3) is 0.308. The first-order valence-corrected chi connectivity index (χ1v) is 5.51. The van der Waals surface area contributed by atoms with Gasteiger partial charge in [0.1, 0.15) is 5.82 Å². The Morgan fingerprint density at radius 1 is 1.31 bits per heavy atom. The Kier molecular flexibility index (Phi) is 3.06. The molecule has 1 heterocycles. The lowest BCUT2D eigenvalue weighted by molar-refractivity contribution is 0.692. The van der Waals surface area contributed by atoms with Crippen molar-refractivity contribution in [2.45, 2.75) is 26.3 Å². The summed E-state index contributed by atoms with van der Waals surface area (Å²) in [6, 6.07) is 8.53. The topological polar surface area (TPSA) is 43.8 Å². The van der Waals surface area contributed by atoms with Gasteiger partial charge in [0.2, 0.25) is 0 Å². The van der Waals surface area contributed by atoms with Gasteiger partial charge in [0.25, 0.3) is 0 Å². The van der Waals surface area contributed by atoms with Crippen molar-refractivity contribution in [3.8, 4) is 5.69 Å². The van der Waals surface area contributed by atoms with E-state index in [9.17, 15) is 0 Å². The summed E-state index contributed by atoms with van der Waals surface area (Å²) >= 11 is 0. The normalized spacial score (nSPS) is 12.7. The van der Waals surface area contributed by atoms with Crippen molar-refractivity contribution in [2.24, 2.45) is 5.73 Å². The standard InChI is InChI=1S/C13H17N3/c1-10-3-5-12(6-4-10)16-8-7-15-13(16)9-11(2)14/h3-8,11H,9,14H2,1-2H3. The Morgan fingerprint density at radius 2 is 2.00 bits per heavy atom. The zero-order valence-electron chi connectivity index (χ0n) is 9.72. The number of benzene rings is 1. The molecule has 3 nitrogen and oxygen atoms in total. The van der Waals surface area contributed by atoms with Crippen LogP contribution in [0.25, 0.3) is 5.69 Å². The molecular formula is C13H17N3. The van der Waals surface area contributed by atoms with E-state index >= 15 is 0 Å². The monoisotopic (exact) mass is 215 g/mol. The number of aromatic nitrogens is 2. The van der Waals surface area contributed by atoms with Gasteiger partial charge in [-0.15, -0.1) is 0 Å².